The molecule has 0 aliphatic heterocycles. The highest BCUT2D eigenvalue weighted by Crippen LogP contribution is 2.08. The molecule has 1 heterocycles. The lowest BCUT2D eigenvalue weighted by molar-refractivity contribution is 0.101. The van der Waals surface area contributed by atoms with Crippen LogP contribution in [0.3, 0.4) is 0 Å². The molecule has 56 valence electrons. The molecule has 2 nitrogen and oxygen atoms in total. The van der Waals surface area contributed by atoms with E-state index in [0.29, 0.717) is 17.0 Å². The first-order valence-electron chi connectivity index (χ1n) is 3.38. The Labute approximate surface area is 71.0 Å². The van der Waals surface area contributed by atoms with E-state index >= 15 is 0 Å². The molecule has 0 saturated heterocycles. The van der Waals surface area contributed by atoms with Crippen LogP contribution in [-0.4, -0.2) is 18.6 Å². The Morgan fingerprint density at radius 1 is 1.73 bits per heavy atom. The van der Waals surface area contributed by atoms with Gasteiger partial charge in [-0.3, -0.25) is 9.78 Å². The Hall–Kier alpha value is -0.825. The third-order valence-corrected chi connectivity index (χ3v) is 1.56. The fourth-order valence-corrected chi connectivity index (χ4v) is 0.898. The number of carbonyl (C=O) groups is 1. The number of halogens is 1. The zero-order chi connectivity index (χ0) is 8.27. The van der Waals surface area contributed by atoms with Crippen LogP contribution in [0.2, 0.25) is 11.3 Å². The van der Waals surface area contributed by atoms with Gasteiger partial charge >= 0.3 is 0 Å². The second-order valence-electron chi connectivity index (χ2n) is 2.14. The highest BCUT2D eigenvalue weighted by atomic mass is 35.5. The SMILES string of the molecule is BCC(=O)c1cc(Cl)ccn1. The van der Waals surface area contributed by atoms with Gasteiger partial charge in [-0.2, -0.15) is 0 Å². The summed E-state index contributed by atoms with van der Waals surface area (Å²) in [6, 6.07) is 3.22. The molecule has 0 fully saturated rings. The molecule has 1 aromatic rings. The minimum atomic E-state index is 0.0208. The summed E-state index contributed by atoms with van der Waals surface area (Å²) < 4.78 is 0. The van der Waals surface area contributed by atoms with Gasteiger partial charge in [0, 0.05) is 11.2 Å². The highest BCUT2D eigenvalue weighted by molar-refractivity contribution is 6.31. The van der Waals surface area contributed by atoms with E-state index in [1.54, 1.807) is 20.0 Å². The molecule has 0 atom stereocenters. The number of hydrogen-bond donors (Lipinski definition) is 0. The third-order valence-electron chi connectivity index (χ3n) is 1.33. The number of ketones is 1. The fraction of sp³-hybridized carbons (Fsp3) is 0.143. The van der Waals surface area contributed by atoms with Gasteiger partial charge in [0.05, 0.1) is 0 Å². The predicted molar refractivity (Wildman–Crippen MR) is 46.9 cm³/mol. The summed E-state index contributed by atoms with van der Waals surface area (Å²) in [6.45, 7) is 0. The van der Waals surface area contributed by atoms with E-state index in [4.69, 9.17) is 11.6 Å². The highest BCUT2D eigenvalue weighted by Gasteiger charge is 2.03. The Balaban J connectivity index is 2.96. The van der Waals surface area contributed by atoms with Crippen LogP contribution in [0.25, 0.3) is 0 Å². The summed E-state index contributed by atoms with van der Waals surface area (Å²) >= 11 is 5.65. The average Bonchev–Trinajstić information content (AvgIpc) is 2.03. The summed E-state index contributed by atoms with van der Waals surface area (Å²) in [5, 5.41) is 0.553. The first-order chi connectivity index (χ1) is 5.24. The van der Waals surface area contributed by atoms with E-state index in [2.05, 4.69) is 4.98 Å². The number of aromatic nitrogens is 1. The number of pyridine rings is 1. The molecule has 0 amide bonds. The summed E-state index contributed by atoms with van der Waals surface area (Å²) in [7, 11) is 1.80. The standard InChI is InChI=1S/C7H7BClNO/c8-4-7(11)6-3-5(9)1-2-10-6/h1-3H,4,8H2. The van der Waals surface area contributed by atoms with Gasteiger partial charge < -0.3 is 0 Å². The summed E-state index contributed by atoms with van der Waals surface area (Å²) in [5.74, 6) is 0.0208. The molecular weight excluding hydrogens is 160 g/mol. The molecule has 0 aliphatic rings. The maximum absolute atomic E-state index is 11.0. The van der Waals surface area contributed by atoms with Crippen molar-refractivity contribution in [2.75, 3.05) is 0 Å². The molecule has 0 bridgehead atoms. The second-order valence-corrected chi connectivity index (χ2v) is 2.57. The molecule has 0 radical (unpaired) electrons. The molecule has 0 aromatic carbocycles. The molecule has 0 aliphatic carbocycles. The number of carbonyl (C=O) groups excluding carboxylic acids is 1. The first kappa shape index (κ1) is 8.27. The lowest BCUT2D eigenvalue weighted by Crippen LogP contribution is -1.99. The van der Waals surface area contributed by atoms with E-state index in [0.717, 1.165) is 0 Å². The Morgan fingerprint density at radius 2 is 2.45 bits per heavy atom. The summed E-state index contributed by atoms with van der Waals surface area (Å²) in [4.78, 5) is 14.9. The summed E-state index contributed by atoms with van der Waals surface area (Å²) in [6.07, 6.45) is 2.00. The molecule has 0 saturated carbocycles. The molecule has 0 unspecified atom stereocenters. The van der Waals surface area contributed by atoms with E-state index in [1.165, 1.54) is 6.20 Å². The van der Waals surface area contributed by atoms with Gasteiger partial charge in [0.1, 0.15) is 13.5 Å². The van der Waals surface area contributed by atoms with Crippen molar-refractivity contribution < 1.29 is 4.79 Å². The predicted octanol–water partition coefficient (Wildman–Crippen LogP) is 0.969. The van der Waals surface area contributed by atoms with Gasteiger partial charge in [-0.05, 0) is 18.5 Å². The Kier molecular flexibility index (Phi) is 2.66. The lowest BCUT2D eigenvalue weighted by atomic mass is 9.99. The van der Waals surface area contributed by atoms with E-state index in [1.807, 2.05) is 0 Å². The maximum atomic E-state index is 11.0. The van der Waals surface area contributed by atoms with E-state index in [-0.39, 0.29) is 5.78 Å². The average molecular weight is 167 g/mol. The van der Waals surface area contributed by atoms with Gasteiger partial charge in [0.2, 0.25) is 0 Å². The lowest BCUT2D eigenvalue weighted by Gasteiger charge is -1.95. The van der Waals surface area contributed by atoms with Gasteiger partial charge in [-0.1, -0.05) is 11.6 Å². The monoisotopic (exact) mass is 167 g/mol. The zero-order valence-corrected chi connectivity index (χ0v) is 6.93. The Bertz CT molecular complexity index is 277. The third kappa shape index (κ3) is 2.05. The minimum Gasteiger partial charge on any atom is -0.293 e. The van der Waals surface area contributed by atoms with Gasteiger partial charge in [0.25, 0.3) is 0 Å². The van der Waals surface area contributed by atoms with Crippen LogP contribution in [0.1, 0.15) is 10.5 Å². The number of rotatable bonds is 2. The van der Waals surface area contributed by atoms with E-state index < -0.39 is 0 Å². The van der Waals surface area contributed by atoms with Crippen LogP contribution in [0, 0.1) is 0 Å². The maximum Gasteiger partial charge on any atom is 0.173 e. The number of hydrogen-bond acceptors (Lipinski definition) is 2. The second kappa shape index (κ2) is 3.53. The number of Topliss-reactive ketones (excluding diaryl/α,β-unsaturated/α-hetero) is 1. The normalized spacial score (nSPS) is 9.55. The molecule has 1 rings (SSSR count). The molecular formula is C7H7BClNO. The van der Waals surface area contributed by atoms with Crippen LogP contribution >= 0.6 is 11.6 Å². The van der Waals surface area contributed by atoms with Gasteiger partial charge in [0.15, 0.2) is 5.78 Å². The van der Waals surface area contributed by atoms with Gasteiger partial charge in [-0.15, -0.1) is 0 Å². The molecule has 11 heavy (non-hydrogen) atoms. The van der Waals surface area contributed by atoms with E-state index in [9.17, 15) is 4.79 Å². The smallest absolute Gasteiger partial charge is 0.173 e. The van der Waals surface area contributed by atoms with Crippen molar-refractivity contribution in [1.82, 2.24) is 4.98 Å². The quantitative estimate of drug-likeness (QED) is 0.485. The molecule has 0 spiro atoms. The topological polar surface area (TPSA) is 30.0 Å². The Morgan fingerprint density at radius 3 is 3.00 bits per heavy atom. The van der Waals surface area contributed by atoms with Crippen LogP contribution in [0.15, 0.2) is 18.3 Å². The van der Waals surface area contributed by atoms with Crippen molar-refractivity contribution in [3.05, 3.63) is 29.0 Å². The molecule has 0 N–H and O–H groups in total. The van der Waals surface area contributed by atoms with Gasteiger partial charge in [-0.25, -0.2) is 0 Å². The molecule has 4 heteroatoms. The van der Waals surface area contributed by atoms with Crippen LogP contribution < -0.4 is 0 Å². The summed E-state index contributed by atoms with van der Waals surface area (Å²) in [5.41, 5.74) is 0.444. The van der Waals surface area contributed by atoms with Crippen LogP contribution in [-0.2, 0) is 0 Å². The first-order valence-corrected chi connectivity index (χ1v) is 3.76. The van der Waals surface area contributed by atoms with Crippen molar-refractivity contribution in [3.8, 4) is 0 Å². The van der Waals surface area contributed by atoms with Crippen molar-refractivity contribution in [1.29, 1.82) is 0 Å². The molecule has 1 aromatic heterocycles. The van der Waals surface area contributed by atoms with Crippen molar-refractivity contribution in [2.24, 2.45) is 0 Å². The fourth-order valence-electron chi connectivity index (χ4n) is 0.738. The van der Waals surface area contributed by atoms with Crippen molar-refractivity contribution in [2.45, 2.75) is 6.32 Å². The minimum absolute atomic E-state index is 0.0208. The van der Waals surface area contributed by atoms with Crippen LogP contribution in [0.4, 0.5) is 0 Å². The van der Waals surface area contributed by atoms with Crippen molar-refractivity contribution >= 4 is 25.2 Å². The largest absolute Gasteiger partial charge is 0.293 e. The van der Waals surface area contributed by atoms with Crippen molar-refractivity contribution in [3.63, 3.8) is 0 Å². The zero-order valence-electron chi connectivity index (χ0n) is 6.17. The van der Waals surface area contributed by atoms with Crippen LogP contribution in [0.5, 0.6) is 0 Å². The number of nitrogens with zero attached hydrogens (tertiary/aromatic N) is 1.